The number of hydrogen-bond acceptors (Lipinski definition) is 3. The molecule has 3 nitrogen and oxygen atoms in total. The van der Waals surface area contributed by atoms with Gasteiger partial charge in [-0.05, 0) is 57.0 Å². The van der Waals surface area contributed by atoms with E-state index in [1.165, 1.54) is 27.8 Å². The van der Waals surface area contributed by atoms with Crippen molar-refractivity contribution in [3.63, 3.8) is 0 Å². The Labute approximate surface area is 176 Å². The number of hydrogen-bond donors (Lipinski definition) is 0. The van der Waals surface area contributed by atoms with Gasteiger partial charge in [0, 0.05) is 17.0 Å². The zero-order chi connectivity index (χ0) is 20.4. The highest BCUT2D eigenvalue weighted by molar-refractivity contribution is 7.98. The van der Waals surface area contributed by atoms with Crippen LogP contribution in [-0.4, -0.2) is 14.8 Å². The van der Waals surface area contributed by atoms with Crippen LogP contribution in [0.1, 0.15) is 27.8 Å². The summed E-state index contributed by atoms with van der Waals surface area (Å²) in [6, 6.07) is 23.6. The molecule has 0 amide bonds. The van der Waals surface area contributed by atoms with Crippen LogP contribution in [0, 0.1) is 27.7 Å². The van der Waals surface area contributed by atoms with E-state index >= 15 is 0 Å². The standard InChI is InChI=1S/C25H25N3S/c1-17-9-12-23(13-10-17)28-24(21-7-5-6-18(2)14-21)26-27-25(28)29-16-22-15-19(3)8-11-20(22)4/h5-15H,16H2,1-4H3. The highest BCUT2D eigenvalue weighted by atomic mass is 32.2. The molecule has 0 N–H and O–H groups in total. The molecule has 4 rings (SSSR count). The summed E-state index contributed by atoms with van der Waals surface area (Å²) in [4.78, 5) is 0. The number of rotatable bonds is 5. The predicted molar refractivity (Wildman–Crippen MR) is 122 cm³/mol. The van der Waals surface area contributed by atoms with Gasteiger partial charge in [-0.2, -0.15) is 0 Å². The summed E-state index contributed by atoms with van der Waals surface area (Å²) in [6.07, 6.45) is 0. The molecule has 1 aromatic heterocycles. The van der Waals surface area contributed by atoms with E-state index in [1.807, 2.05) is 0 Å². The van der Waals surface area contributed by atoms with E-state index in [0.29, 0.717) is 0 Å². The van der Waals surface area contributed by atoms with Crippen LogP contribution in [0.4, 0.5) is 0 Å². The molecule has 0 fully saturated rings. The van der Waals surface area contributed by atoms with Crippen LogP contribution >= 0.6 is 11.8 Å². The molecule has 0 aliphatic carbocycles. The third-order valence-corrected chi connectivity index (χ3v) is 6.04. The Bertz CT molecular complexity index is 1140. The van der Waals surface area contributed by atoms with E-state index in [1.54, 1.807) is 11.8 Å². The number of aryl methyl sites for hydroxylation is 4. The van der Waals surface area contributed by atoms with Gasteiger partial charge in [0.05, 0.1) is 0 Å². The van der Waals surface area contributed by atoms with Gasteiger partial charge in [-0.15, -0.1) is 10.2 Å². The lowest BCUT2D eigenvalue weighted by molar-refractivity contribution is 0.885. The number of thioether (sulfide) groups is 1. The summed E-state index contributed by atoms with van der Waals surface area (Å²) in [5, 5.41) is 10.0. The molecule has 0 saturated heterocycles. The Hall–Kier alpha value is -2.85. The molecular weight excluding hydrogens is 374 g/mol. The van der Waals surface area contributed by atoms with Crippen molar-refractivity contribution in [2.75, 3.05) is 0 Å². The summed E-state index contributed by atoms with van der Waals surface area (Å²) < 4.78 is 2.17. The molecule has 4 aromatic rings. The number of aromatic nitrogens is 3. The third-order valence-electron chi connectivity index (χ3n) is 5.06. The molecule has 3 aromatic carbocycles. The monoisotopic (exact) mass is 399 g/mol. The van der Waals surface area contributed by atoms with Crippen LogP contribution in [0.5, 0.6) is 0 Å². The van der Waals surface area contributed by atoms with Gasteiger partial charge < -0.3 is 0 Å². The van der Waals surface area contributed by atoms with Crippen molar-refractivity contribution in [1.29, 1.82) is 0 Å². The summed E-state index contributed by atoms with van der Waals surface area (Å²) in [7, 11) is 0. The minimum absolute atomic E-state index is 0.866. The first kappa shape index (κ1) is 19.5. The summed E-state index contributed by atoms with van der Waals surface area (Å²) in [6.45, 7) is 8.51. The Morgan fingerprint density at radius 2 is 1.48 bits per heavy atom. The first-order chi connectivity index (χ1) is 14.0. The first-order valence-electron chi connectivity index (χ1n) is 9.80. The van der Waals surface area contributed by atoms with Gasteiger partial charge in [0.1, 0.15) is 0 Å². The Balaban J connectivity index is 1.75. The molecule has 4 heteroatoms. The van der Waals surface area contributed by atoms with Gasteiger partial charge in [0.2, 0.25) is 0 Å². The molecule has 0 bridgehead atoms. The van der Waals surface area contributed by atoms with Crippen LogP contribution in [0.25, 0.3) is 17.1 Å². The maximum absolute atomic E-state index is 4.57. The molecule has 0 aliphatic heterocycles. The zero-order valence-electron chi connectivity index (χ0n) is 17.3. The molecule has 1 heterocycles. The number of benzene rings is 3. The summed E-state index contributed by atoms with van der Waals surface area (Å²) in [5.74, 6) is 1.74. The summed E-state index contributed by atoms with van der Waals surface area (Å²) >= 11 is 1.73. The van der Waals surface area contributed by atoms with E-state index < -0.39 is 0 Å². The molecular formula is C25H25N3S. The van der Waals surface area contributed by atoms with E-state index in [9.17, 15) is 0 Å². The molecule has 0 radical (unpaired) electrons. The highest BCUT2D eigenvalue weighted by Crippen LogP contribution is 2.31. The maximum atomic E-state index is 4.57. The smallest absolute Gasteiger partial charge is 0.196 e. The highest BCUT2D eigenvalue weighted by Gasteiger charge is 2.16. The predicted octanol–water partition coefficient (Wildman–Crippen LogP) is 6.46. The Morgan fingerprint density at radius 1 is 0.759 bits per heavy atom. The first-order valence-corrected chi connectivity index (χ1v) is 10.8. The SMILES string of the molecule is Cc1ccc(-n2c(SCc3cc(C)ccc3C)nnc2-c2cccc(C)c2)cc1. The average Bonchev–Trinajstić information content (AvgIpc) is 3.13. The van der Waals surface area contributed by atoms with Gasteiger partial charge in [-0.3, -0.25) is 4.57 Å². The van der Waals surface area contributed by atoms with Crippen molar-refractivity contribution in [2.24, 2.45) is 0 Å². The van der Waals surface area contributed by atoms with Crippen molar-refractivity contribution in [1.82, 2.24) is 14.8 Å². The van der Waals surface area contributed by atoms with Crippen molar-refractivity contribution >= 4 is 11.8 Å². The molecule has 0 atom stereocenters. The lowest BCUT2D eigenvalue weighted by Crippen LogP contribution is -2.00. The molecule has 0 saturated carbocycles. The van der Waals surface area contributed by atoms with E-state index in [2.05, 4.69) is 109 Å². The van der Waals surface area contributed by atoms with Crippen molar-refractivity contribution in [2.45, 2.75) is 38.6 Å². The fourth-order valence-corrected chi connectivity index (χ4v) is 4.37. The second-order valence-corrected chi connectivity index (χ2v) is 8.51. The minimum Gasteiger partial charge on any atom is -0.270 e. The van der Waals surface area contributed by atoms with E-state index in [-0.39, 0.29) is 0 Å². The van der Waals surface area contributed by atoms with Crippen molar-refractivity contribution in [3.8, 4) is 17.1 Å². The topological polar surface area (TPSA) is 30.7 Å². The van der Waals surface area contributed by atoms with Gasteiger partial charge in [-0.1, -0.05) is 77.0 Å². The average molecular weight is 400 g/mol. The Morgan fingerprint density at radius 3 is 2.24 bits per heavy atom. The quantitative estimate of drug-likeness (QED) is 0.361. The maximum Gasteiger partial charge on any atom is 0.196 e. The van der Waals surface area contributed by atoms with Crippen molar-refractivity contribution in [3.05, 3.63) is 94.5 Å². The molecule has 146 valence electrons. The van der Waals surface area contributed by atoms with Gasteiger partial charge >= 0.3 is 0 Å². The van der Waals surface area contributed by atoms with E-state index in [4.69, 9.17) is 0 Å². The number of nitrogens with zero attached hydrogens (tertiary/aromatic N) is 3. The zero-order valence-corrected chi connectivity index (χ0v) is 18.1. The third kappa shape index (κ3) is 4.28. The second-order valence-electron chi connectivity index (χ2n) is 7.57. The molecule has 0 aliphatic rings. The van der Waals surface area contributed by atoms with Gasteiger partial charge in [0.15, 0.2) is 11.0 Å². The fraction of sp³-hybridized carbons (Fsp3) is 0.200. The largest absolute Gasteiger partial charge is 0.270 e. The van der Waals surface area contributed by atoms with Gasteiger partial charge in [0.25, 0.3) is 0 Å². The minimum atomic E-state index is 0.866. The Kier molecular flexibility index (Phi) is 5.54. The molecule has 0 unspecified atom stereocenters. The second kappa shape index (κ2) is 8.26. The summed E-state index contributed by atoms with van der Waals surface area (Å²) in [5.41, 5.74) is 8.55. The van der Waals surface area contributed by atoms with E-state index in [0.717, 1.165) is 28.0 Å². The fourth-order valence-electron chi connectivity index (χ4n) is 3.36. The normalized spacial score (nSPS) is 11.0. The lowest BCUT2D eigenvalue weighted by atomic mass is 10.1. The van der Waals surface area contributed by atoms with Crippen LogP contribution in [0.3, 0.4) is 0 Å². The van der Waals surface area contributed by atoms with Gasteiger partial charge in [-0.25, -0.2) is 0 Å². The molecule has 0 spiro atoms. The molecule has 29 heavy (non-hydrogen) atoms. The van der Waals surface area contributed by atoms with Crippen LogP contribution in [0.2, 0.25) is 0 Å². The van der Waals surface area contributed by atoms with Crippen LogP contribution in [0.15, 0.2) is 71.9 Å². The van der Waals surface area contributed by atoms with Crippen LogP contribution < -0.4 is 0 Å². The van der Waals surface area contributed by atoms with Crippen LogP contribution in [-0.2, 0) is 5.75 Å². The lowest BCUT2D eigenvalue weighted by Gasteiger charge is -2.12. The van der Waals surface area contributed by atoms with Crippen molar-refractivity contribution < 1.29 is 0 Å².